The molecule has 0 aromatic heterocycles. The van der Waals surface area contributed by atoms with Gasteiger partial charge in [-0.05, 0) is 60.2 Å². The molecular weight excluding hydrogens is 254 g/mol. The van der Waals surface area contributed by atoms with Gasteiger partial charge in [-0.25, -0.2) is 0 Å². The lowest BCUT2D eigenvalue weighted by Gasteiger charge is -2.16. The second-order valence-electron chi connectivity index (χ2n) is 5.13. The summed E-state index contributed by atoms with van der Waals surface area (Å²) in [5.41, 5.74) is 5.35. The second kappa shape index (κ2) is 5.26. The minimum absolute atomic E-state index is 0.416. The number of rotatable bonds is 3. The Labute approximate surface area is 119 Å². The van der Waals surface area contributed by atoms with Crippen molar-refractivity contribution in [3.8, 4) is 0 Å². The number of anilines is 1. The van der Waals surface area contributed by atoms with Gasteiger partial charge in [0, 0.05) is 10.7 Å². The summed E-state index contributed by atoms with van der Waals surface area (Å²) in [5, 5.41) is 4.46. The van der Waals surface area contributed by atoms with Crippen LogP contribution in [0.4, 0.5) is 5.69 Å². The van der Waals surface area contributed by atoms with Gasteiger partial charge >= 0.3 is 0 Å². The Kier molecular flexibility index (Phi) is 3.48. The van der Waals surface area contributed by atoms with E-state index in [1.807, 2.05) is 6.07 Å². The summed E-state index contributed by atoms with van der Waals surface area (Å²) in [6.45, 7) is 2.18. The fraction of sp³-hybridized carbons (Fsp3) is 0.294. The van der Waals surface area contributed by atoms with Crippen molar-refractivity contribution in [3.05, 3.63) is 64.2 Å². The highest BCUT2D eigenvalue weighted by atomic mass is 35.5. The van der Waals surface area contributed by atoms with Crippen LogP contribution in [0.5, 0.6) is 0 Å². The van der Waals surface area contributed by atoms with Gasteiger partial charge in [-0.1, -0.05) is 36.7 Å². The minimum Gasteiger partial charge on any atom is -0.378 e. The van der Waals surface area contributed by atoms with E-state index in [4.69, 9.17) is 11.6 Å². The molecule has 0 fully saturated rings. The first-order valence-corrected chi connectivity index (χ1v) is 7.28. The smallest absolute Gasteiger partial charge is 0.0519 e. The second-order valence-corrected chi connectivity index (χ2v) is 5.57. The number of hydrogen-bond acceptors (Lipinski definition) is 1. The summed E-state index contributed by atoms with van der Waals surface area (Å²) < 4.78 is 0. The normalized spacial score (nSPS) is 17.3. The Bertz CT molecular complexity index is 574. The molecule has 1 nitrogen and oxygen atoms in total. The SMILES string of the molecule is CCc1ccc(NC2CCc3cc(Cl)ccc32)cc1. The third kappa shape index (κ3) is 2.62. The zero-order valence-electron chi connectivity index (χ0n) is 11.1. The maximum atomic E-state index is 6.04. The Balaban J connectivity index is 1.78. The summed E-state index contributed by atoms with van der Waals surface area (Å²) in [4.78, 5) is 0. The highest BCUT2D eigenvalue weighted by Crippen LogP contribution is 2.35. The molecule has 19 heavy (non-hydrogen) atoms. The molecule has 3 rings (SSSR count). The van der Waals surface area contributed by atoms with Gasteiger partial charge in [0.15, 0.2) is 0 Å². The highest BCUT2D eigenvalue weighted by molar-refractivity contribution is 6.30. The summed E-state index contributed by atoms with van der Waals surface area (Å²) in [6.07, 6.45) is 3.34. The van der Waals surface area contributed by atoms with Gasteiger partial charge < -0.3 is 5.32 Å². The van der Waals surface area contributed by atoms with E-state index in [2.05, 4.69) is 48.6 Å². The number of nitrogens with one attached hydrogen (secondary N) is 1. The first-order chi connectivity index (χ1) is 9.26. The topological polar surface area (TPSA) is 12.0 Å². The van der Waals surface area contributed by atoms with Gasteiger partial charge in [-0.15, -0.1) is 0 Å². The molecule has 98 valence electrons. The summed E-state index contributed by atoms with van der Waals surface area (Å²) in [6, 6.07) is 15.4. The number of fused-ring (bicyclic) bond motifs is 1. The number of benzene rings is 2. The van der Waals surface area contributed by atoms with Crippen molar-refractivity contribution in [2.45, 2.75) is 32.2 Å². The molecule has 1 unspecified atom stereocenters. The third-order valence-electron chi connectivity index (χ3n) is 3.89. The van der Waals surface area contributed by atoms with Crippen molar-refractivity contribution in [2.24, 2.45) is 0 Å². The predicted octanol–water partition coefficient (Wildman–Crippen LogP) is 5.00. The van der Waals surface area contributed by atoms with Crippen molar-refractivity contribution in [3.63, 3.8) is 0 Å². The Morgan fingerprint density at radius 1 is 1.16 bits per heavy atom. The van der Waals surface area contributed by atoms with Gasteiger partial charge in [0.05, 0.1) is 6.04 Å². The molecule has 0 saturated heterocycles. The maximum Gasteiger partial charge on any atom is 0.0519 e. The maximum absolute atomic E-state index is 6.04. The summed E-state index contributed by atoms with van der Waals surface area (Å²) >= 11 is 6.04. The van der Waals surface area contributed by atoms with E-state index in [0.717, 1.165) is 24.3 Å². The first kappa shape index (κ1) is 12.6. The number of aryl methyl sites for hydroxylation is 2. The van der Waals surface area contributed by atoms with E-state index in [9.17, 15) is 0 Å². The fourth-order valence-electron chi connectivity index (χ4n) is 2.77. The Morgan fingerprint density at radius 2 is 1.95 bits per heavy atom. The molecule has 0 aliphatic heterocycles. The van der Waals surface area contributed by atoms with Crippen molar-refractivity contribution < 1.29 is 0 Å². The molecule has 2 heteroatoms. The number of hydrogen-bond donors (Lipinski definition) is 1. The largest absolute Gasteiger partial charge is 0.378 e. The monoisotopic (exact) mass is 271 g/mol. The Hall–Kier alpha value is -1.47. The highest BCUT2D eigenvalue weighted by Gasteiger charge is 2.22. The van der Waals surface area contributed by atoms with Crippen molar-refractivity contribution in [1.29, 1.82) is 0 Å². The van der Waals surface area contributed by atoms with Gasteiger partial charge in [0.1, 0.15) is 0 Å². The number of halogens is 1. The molecule has 1 aliphatic carbocycles. The van der Waals surface area contributed by atoms with Crippen LogP contribution in [0.25, 0.3) is 0 Å². The molecule has 2 aromatic rings. The van der Waals surface area contributed by atoms with Crippen LogP contribution in [0.2, 0.25) is 5.02 Å². The molecule has 0 saturated carbocycles. The van der Waals surface area contributed by atoms with Crippen molar-refractivity contribution in [1.82, 2.24) is 0 Å². The van der Waals surface area contributed by atoms with Crippen LogP contribution in [0, 0.1) is 0 Å². The van der Waals surface area contributed by atoms with Gasteiger partial charge in [0.25, 0.3) is 0 Å². The minimum atomic E-state index is 0.416. The average Bonchev–Trinajstić information content (AvgIpc) is 2.82. The molecule has 1 atom stereocenters. The van der Waals surface area contributed by atoms with Crippen molar-refractivity contribution >= 4 is 17.3 Å². The lowest BCUT2D eigenvalue weighted by atomic mass is 10.1. The lowest BCUT2D eigenvalue weighted by Crippen LogP contribution is -2.06. The molecule has 0 spiro atoms. The van der Waals surface area contributed by atoms with E-state index in [1.54, 1.807) is 0 Å². The molecule has 1 N–H and O–H groups in total. The molecule has 2 aromatic carbocycles. The van der Waals surface area contributed by atoms with Crippen molar-refractivity contribution in [2.75, 3.05) is 5.32 Å². The zero-order valence-corrected chi connectivity index (χ0v) is 11.9. The molecule has 0 radical (unpaired) electrons. The standard InChI is InChI=1S/C17H18ClN/c1-2-12-3-7-15(8-4-12)19-17-10-5-13-11-14(18)6-9-16(13)17/h3-4,6-9,11,17,19H,2,5,10H2,1H3. The van der Waals surface area contributed by atoms with E-state index < -0.39 is 0 Å². The fourth-order valence-corrected chi connectivity index (χ4v) is 2.97. The van der Waals surface area contributed by atoms with Crippen LogP contribution in [-0.4, -0.2) is 0 Å². The van der Waals surface area contributed by atoms with Gasteiger partial charge in [-0.3, -0.25) is 0 Å². The van der Waals surface area contributed by atoms with Crippen LogP contribution in [0.15, 0.2) is 42.5 Å². The van der Waals surface area contributed by atoms with Crippen LogP contribution < -0.4 is 5.32 Å². The van der Waals surface area contributed by atoms with Gasteiger partial charge in [-0.2, -0.15) is 0 Å². The van der Waals surface area contributed by atoms with E-state index in [-0.39, 0.29) is 0 Å². The van der Waals surface area contributed by atoms with Gasteiger partial charge in [0.2, 0.25) is 0 Å². The van der Waals surface area contributed by atoms with Crippen LogP contribution in [0.3, 0.4) is 0 Å². The van der Waals surface area contributed by atoms with E-state index >= 15 is 0 Å². The molecule has 1 aliphatic rings. The average molecular weight is 272 g/mol. The van der Waals surface area contributed by atoms with Crippen LogP contribution in [0.1, 0.15) is 36.1 Å². The van der Waals surface area contributed by atoms with E-state index in [0.29, 0.717) is 6.04 Å². The Morgan fingerprint density at radius 3 is 2.68 bits per heavy atom. The lowest BCUT2D eigenvalue weighted by molar-refractivity contribution is 0.762. The first-order valence-electron chi connectivity index (χ1n) is 6.90. The predicted molar refractivity (Wildman–Crippen MR) is 82.0 cm³/mol. The quantitative estimate of drug-likeness (QED) is 0.828. The molecule has 0 amide bonds. The van der Waals surface area contributed by atoms with Crippen LogP contribution >= 0.6 is 11.6 Å². The van der Waals surface area contributed by atoms with Crippen LogP contribution in [-0.2, 0) is 12.8 Å². The van der Waals surface area contributed by atoms with E-state index in [1.165, 1.54) is 22.4 Å². The molecule has 0 bridgehead atoms. The third-order valence-corrected chi connectivity index (χ3v) is 4.12. The molecule has 0 heterocycles. The summed E-state index contributed by atoms with van der Waals surface area (Å²) in [5.74, 6) is 0. The summed E-state index contributed by atoms with van der Waals surface area (Å²) in [7, 11) is 0. The molecular formula is C17H18ClN. The zero-order chi connectivity index (χ0) is 13.2.